The first-order valence-corrected chi connectivity index (χ1v) is 9.52. The van der Waals surface area contributed by atoms with Crippen molar-refractivity contribution in [3.8, 4) is 0 Å². The Hall–Kier alpha value is -2.31. The van der Waals surface area contributed by atoms with Crippen LogP contribution in [0.5, 0.6) is 0 Å². The molecule has 0 saturated carbocycles. The molecule has 1 atom stereocenters. The highest BCUT2D eigenvalue weighted by molar-refractivity contribution is 6.30. The summed E-state index contributed by atoms with van der Waals surface area (Å²) in [5.74, 6) is 1.73. The van der Waals surface area contributed by atoms with Crippen molar-refractivity contribution < 1.29 is 4.74 Å². The van der Waals surface area contributed by atoms with Crippen molar-refractivity contribution in [2.24, 2.45) is 4.99 Å². The molecule has 3 rings (SSSR count). The number of halogens is 1. The fourth-order valence-corrected chi connectivity index (χ4v) is 3.19. The van der Waals surface area contributed by atoms with Crippen molar-refractivity contribution in [1.82, 2.24) is 15.6 Å². The molecule has 144 valence electrons. The van der Waals surface area contributed by atoms with Crippen LogP contribution in [-0.4, -0.2) is 43.8 Å². The first-order chi connectivity index (χ1) is 13.1. The summed E-state index contributed by atoms with van der Waals surface area (Å²) in [4.78, 5) is 11.1. The molecule has 1 aliphatic heterocycles. The topological polar surface area (TPSA) is 61.8 Å². The molecule has 7 heteroatoms. The number of anilines is 1. The number of morpholine rings is 1. The number of pyridine rings is 1. The molecule has 1 saturated heterocycles. The summed E-state index contributed by atoms with van der Waals surface area (Å²) >= 11 is 6.02. The van der Waals surface area contributed by atoms with Crippen LogP contribution in [0.3, 0.4) is 0 Å². The standard InChI is InChI=1S/C20H26ClN5O/c1-15-14-26(8-9-27-15)19-7-6-17(12-23-19)13-25-20(22-2)24-11-16-4-3-5-18(21)10-16/h3-7,10,12,15H,8-9,11,13-14H2,1-2H3,(H2,22,24,25). The predicted octanol–water partition coefficient (Wildman–Crippen LogP) is 2.83. The zero-order chi connectivity index (χ0) is 19.1. The Balaban J connectivity index is 1.49. The summed E-state index contributed by atoms with van der Waals surface area (Å²) in [6.45, 7) is 5.92. The molecule has 1 unspecified atom stereocenters. The molecule has 0 radical (unpaired) electrons. The van der Waals surface area contributed by atoms with Gasteiger partial charge in [-0.3, -0.25) is 4.99 Å². The van der Waals surface area contributed by atoms with Crippen molar-refractivity contribution in [3.63, 3.8) is 0 Å². The normalized spacial score (nSPS) is 17.7. The zero-order valence-electron chi connectivity index (χ0n) is 15.8. The van der Waals surface area contributed by atoms with Crippen LogP contribution in [0.25, 0.3) is 0 Å². The first kappa shape index (κ1) is 19.5. The van der Waals surface area contributed by atoms with Crippen molar-refractivity contribution in [3.05, 3.63) is 58.7 Å². The van der Waals surface area contributed by atoms with Crippen LogP contribution in [0.4, 0.5) is 5.82 Å². The lowest BCUT2D eigenvalue weighted by Gasteiger charge is -2.32. The average molecular weight is 388 g/mol. The van der Waals surface area contributed by atoms with Gasteiger partial charge in [0.05, 0.1) is 12.7 Å². The number of nitrogens with one attached hydrogen (secondary N) is 2. The maximum atomic E-state index is 6.02. The Labute approximate surface area is 165 Å². The molecule has 1 aromatic heterocycles. The highest BCUT2D eigenvalue weighted by Crippen LogP contribution is 2.15. The highest BCUT2D eigenvalue weighted by atomic mass is 35.5. The molecule has 1 fully saturated rings. The van der Waals surface area contributed by atoms with Crippen LogP contribution in [0, 0.1) is 0 Å². The van der Waals surface area contributed by atoms with E-state index in [1.165, 1.54) is 0 Å². The molecule has 6 nitrogen and oxygen atoms in total. The summed E-state index contributed by atoms with van der Waals surface area (Å²) in [7, 11) is 1.76. The quantitative estimate of drug-likeness (QED) is 0.610. The number of rotatable bonds is 5. The minimum absolute atomic E-state index is 0.246. The van der Waals surface area contributed by atoms with Crippen LogP contribution < -0.4 is 15.5 Å². The monoisotopic (exact) mass is 387 g/mol. The maximum absolute atomic E-state index is 6.02. The van der Waals surface area contributed by atoms with Gasteiger partial charge in [0.1, 0.15) is 5.82 Å². The van der Waals surface area contributed by atoms with E-state index in [-0.39, 0.29) is 6.10 Å². The van der Waals surface area contributed by atoms with Gasteiger partial charge in [-0.05, 0) is 36.2 Å². The minimum atomic E-state index is 0.246. The zero-order valence-corrected chi connectivity index (χ0v) is 16.5. The average Bonchev–Trinajstić information content (AvgIpc) is 2.69. The van der Waals surface area contributed by atoms with Crippen molar-refractivity contribution in [1.29, 1.82) is 0 Å². The van der Waals surface area contributed by atoms with E-state index in [9.17, 15) is 0 Å². The van der Waals surface area contributed by atoms with Crippen LogP contribution in [0.2, 0.25) is 5.02 Å². The second kappa shape index (κ2) is 9.58. The Morgan fingerprint density at radius 2 is 2.07 bits per heavy atom. The molecule has 0 aliphatic carbocycles. The molecule has 2 aromatic rings. The van der Waals surface area contributed by atoms with Crippen LogP contribution in [0.1, 0.15) is 18.1 Å². The SMILES string of the molecule is CN=C(NCc1ccc(N2CCOC(C)C2)nc1)NCc1cccc(Cl)c1. The first-order valence-electron chi connectivity index (χ1n) is 9.14. The highest BCUT2D eigenvalue weighted by Gasteiger charge is 2.17. The molecule has 2 heterocycles. The van der Waals surface area contributed by atoms with Crippen LogP contribution >= 0.6 is 11.6 Å². The number of ether oxygens (including phenoxy) is 1. The molecular weight excluding hydrogens is 362 g/mol. The molecule has 2 N–H and O–H groups in total. The molecule has 1 aliphatic rings. The van der Waals surface area contributed by atoms with E-state index in [1.54, 1.807) is 7.05 Å². The smallest absolute Gasteiger partial charge is 0.191 e. The van der Waals surface area contributed by atoms with Gasteiger partial charge in [-0.25, -0.2) is 4.98 Å². The van der Waals surface area contributed by atoms with E-state index in [4.69, 9.17) is 16.3 Å². The van der Waals surface area contributed by atoms with Gasteiger partial charge in [0.2, 0.25) is 0 Å². The van der Waals surface area contributed by atoms with Crippen molar-refractivity contribution >= 4 is 23.4 Å². The number of aromatic nitrogens is 1. The van der Waals surface area contributed by atoms with Gasteiger partial charge in [-0.2, -0.15) is 0 Å². The number of aliphatic imine (C=N–C) groups is 1. The molecule has 0 spiro atoms. The minimum Gasteiger partial charge on any atom is -0.375 e. The van der Waals surface area contributed by atoms with Gasteiger partial charge in [0.25, 0.3) is 0 Å². The number of hydrogen-bond acceptors (Lipinski definition) is 4. The van der Waals surface area contributed by atoms with E-state index in [0.29, 0.717) is 13.1 Å². The number of nitrogens with zero attached hydrogens (tertiary/aromatic N) is 3. The van der Waals surface area contributed by atoms with Gasteiger partial charge >= 0.3 is 0 Å². The van der Waals surface area contributed by atoms with Crippen LogP contribution in [0.15, 0.2) is 47.6 Å². The number of guanidine groups is 1. The predicted molar refractivity (Wildman–Crippen MR) is 110 cm³/mol. The Kier molecular flexibility index (Phi) is 6.90. The van der Waals surface area contributed by atoms with Gasteiger partial charge in [-0.15, -0.1) is 0 Å². The third-order valence-corrected chi connectivity index (χ3v) is 4.64. The third-order valence-electron chi connectivity index (χ3n) is 4.41. The Bertz CT molecular complexity index is 765. The summed E-state index contributed by atoms with van der Waals surface area (Å²) in [6.07, 6.45) is 2.16. The maximum Gasteiger partial charge on any atom is 0.191 e. The lowest BCUT2D eigenvalue weighted by molar-refractivity contribution is 0.0529. The molecule has 27 heavy (non-hydrogen) atoms. The fraction of sp³-hybridized carbons (Fsp3) is 0.400. The number of hydrogen-bond donors (Lipinski definition) is 2. The van der Waals surface area contributed by atoms with E-state index >= 15 is 0 Å². The van der Waals surface area contributed by atoms with Gasteiger partial charge in [0, 0.05) is 44.4 Å². The van der Waals surface area contributed by atoms with Gasteiger partial charge in [-0.1, -0.05) is 29.8 Å². The molecule has 0 amide bonds. The van der Waals surface area contributed by atoms with Crippen LogP contribution in [-0.2, 0) is 17.8 Å². The van der Waals surface area contributed by atoms with E-state index in [1.807, 2.05) is 30.5 Å². The van der Waals surface area contributed by atoms with Crippen molar-refractivity contribution in [2.45, 2.75) is 26.1 Å². The van der Waals surface area contributed by atoms with Crippen molar-refractivity contribution in [2.75, 3.05) is 31.6 Å². The third kappa shape index (κ3) is 5.84. The second-order valence-corrected chi connectivity index (χ2v) is 7.00. The molecule has 0 bridgehead atoms. The summed E-state index contributed by atoms with van der Waals surface area (Å²) in [5, 5.41) is 7.33. The van der Waals surface area contributed by atoms with Gasteiger partial charge < -0.3 is 20.3 Å². The molecule has 1 aromatic carbocycles. The lowest BCUT2D eigenvalue weighted by atomic mass is 10.2. The number of benzene rings is 1. The van der Waals surface area contributed by atoms with E-state index < -0.39 is 0 Å². The Morgan fingerprint density at radius 3 is 2.74 bits per heavy atom. The summed E-state index contributed by atoms with van der Waals surface area (Å²) in [6, 6.07) is 11.9. The molecular formula is C20H26ClN5O. The fourth-order valence-electron chi connectivity index (χ4n) is 2.97. The summed E-state index contributed by atoms with van der Waals surface area (Å²) < 4.78 is 5.59. The summed E-state index contributed by atoms with van der Waals surface area (Å²) in [5.41, 5.74) is 2.21. The lowest BCUT2D eigenvalue weighted by Crippen LogP contribution is -2.41. The van der Waals surface area contributed by atoms with E-state index in [0.717, 1.165) is 47.6 Å². The Morgan fingerprint density at radius 1 is 1.26 bits per heavy atom. The van der Waals surface area contributed by atoms with Gasteiger partial charge in [0.15, 0.2) is 5.96 Å². The van der Waals surface area contributed by atoms with E-state index in [2.05, 4.69) is 44.6 Å². The largest absolute Gasteiger partial charge is 0.375 e. The second-order valence-electron chi connectivity index (χ2n) is 6.56.